The third-order valence-electron chi connectivity index (χ3n) is 5.88. The molecule has 2 aromatic carbocycles. The standard InChI is InChI=1S/C26H25N3O3/c30-25(27-17-22(23-13-8-16-31-23)29-14-6-7-15-29)20-11-4-5-12-21(20)26-28-18-24(32-26)19-9-2-1-3-10-19/h1-5,8-13,16,18,22H,6-7,14-15,17H2,(H,27,30)/t22-/m1/s1. The molecule has 0 radical (unpaired) electrons. The SMILES string of the molecule is O=C(NC[C@H](c1ccco1)N1CCCC1)c1ccccc1-c1ncc(-c2ccccc2)o1. The number of oxazole rings is 1. The molecule has 6 nitrogen and oxygen atoms in total. The maximum absolute atomic E-state index is 13.2. The Bertz CT molecular complexity index is 1160. The summed E-state index contributed by atoms with van der Waals surface area (Å²) in [6, 6.07) is 21.1. The second-order valence-electron chi connectivity index (χ2n) is 7.93. The van der Waals surface area contributed by atoms with E-state index in [1.165, 1.54) is 12.8 Å². The van der Waals surface area contributed by atoms with Crippen LogP contribution in [0.25, 0.3) is 22.8 Å². The Labute approximate surface area is 186 Å². The third-order valence-corrected chi connectivity index (χ3v) is 5.88. The highest BCUT2D eigenvalue weighted by atomic mass is 16.4. The first-order chi connectivity index (χ1) is 15.8. The van der Waals surface area contributed by atoms with Crippen molar-refractivity contribution in [3.8, 4) is 22.8 Å². The normalized spacial score (nSPS) is 15.0. The summed E-state index contributed by atoms with van der Waals surface area (Å²) in [4.78, 5) is 20.0. The lowest BCUT2D eigenvalue weighted by atomic mass is 10.1. The van der Waals surface area contributed by atoms with Crippen LogP contribution in [0.4, 0.5) is 0 Å². The summed E-state index contributed by atoms with van der Waals surface area (Å²) in [6.07, 6.45) is 5.71. The van der Waals surface area contributed by atoms with Crippen molar-refractivity contribution in [1.29, 1.82) is 0 Å². The zero-order chi connectivity index (χ0) is 21.8. The van der Waals surface area contributed by atoms with Gasteiger partial charge in [-0.2, -0.15) is 0 Å². The molecule has 1 atom stereocenters. The number of hydrogen-bond donors (Lipinski definition) is 1. The van der Waals surface area contributed by atoms with Crippen molar-refractivity contribution in [3.05, 3.63) is 90.5 Å². The fourth-order valence-electron chi connectivity index (χ4n) is 4.23. The highest BCUT2D eigenvalue weighted by molar-refractivity contribution is 6.00. The third kappa shape index (κ3) is 4.22. The number of rotatable bonds is 7. The van der Waals surface area contributed by atoms with Gasteiger partial charge in [0.25, 0.3) is 5.91 Å². The van der Waals surface area contributed by atoms with Crippen LogP contribution in [-0.4, -0.2) is 35.4 Å². The molecule has 162 valence electrons. The van der Waals surface area contributed by atoms with E-state index in [1.807, 2.05) is 60.7 Å². The molecule has 4 aromatic rings. The molecule has 0 unspecified atom stereocenters. The van der Waals surface area contributed by atoms with Gasteiger partial charge in [0.05, 0.1) is 24.1 Å². The van der Waals surface area contributed by atoms with Crippen molar-refractivity contribution >= 4 is 5.91 Å². The minimum Gasteiger partial charge on any atom is -0.468 e. The van der Waals surface area contributed by atoms with Crippen LogP contribution in [0.1, 0.15) is 35.0 Å². The quantitative estimate of drug-likeness (QED) is 0.441. The molecule has 32 heavy (non-hydrogen) atoms. The number of benzene rings is 2. The van der Waals surface area contributed by atoms with E-state index in [2.05, 4.69) is 15.2 Å². The van der Waals surface area contributed by atoms with Crippen LogP contribution in [-0.2, 0) is 0 Å². The van der Waals surface area contributed by atoms with E-state index in [0.29, 0.717) is 29.3 Å². The van der Waals surface area contributed by atoms with E-state index in [4.69, 9.17) is 8.83 Å². The van der Waals surface area contributed by atoms with Crippen LogP contribution >= 0.6 is 0 Å². The van der Waals surface area contributed by atoms with Crippen molar-refractivity contribution in [3.63, 3.8) is 0 Å². The van der Waals surface area contributed by atoms with E-state index >= 15 is 0 Å². The highest BCUT2D eigenvalue weighted by Crippen LogP contribution is 2.29. The maximum Gasteiger partial charge on any atom is 0.252 e. The zero-order valence-corrected chi connectivity index (χ0v) is 17.7. The van der Waals surface area contributed by atoms with Gasteiger partial charge in [0.1, 0.15) is 5.76 Å². The average Bonchev–Trinajstić information content (AvgIpc) is 3.63. The van der Waals surface area contributed by atoms with E-state index in [1.54, 1.807) is 18.5 Å². The Morgan fingerprint density at radius 1 is 1.00 bits per heavy atom. The maximum atomic E-state index is 13.2. The number of likely N-dealkylation sites (tertiary alicyclic amines) is 1. The first-order valence-electron chi connectivity index (χ1n) is 11.0. The van der Waals surface area contributed by atoms with Gasteiger partial charge in [-0.25, -0.2) is 4.98 Å². The molecule has 1 fully saturated rings. The predicted molar refractivity (Wildman–Crippen MR) is 122 cm³/mol. The second kappa shape index (κ2) is 9.24. The van der Waals surface area contributed by atoms with Gasteiger partial charge in [-0.1, -0.05) is 42.5 Å². The Kier molecular flexibility index (Phi) is 5.85. The van der Waals surface area contributed by atoms with Crippen LogP contribution in [0.2, 0.25) is 0 Å². The summed E-state index contributed by atoms with van der Waals surface area (Å²) in [5.74, 6) is 1.82. The Morgan fingerprint density at radius 2 is 1.78 bits per heavy atom. The number of carbonyl (C=O) groups is 1. The first-order valence-corrected chi connectivity index (χ1v) is 11.0. The van der Waals surface area contributed by atoms with Crippen molar-refractivity contribution < 1.29 is 13.6 Å². The van der Waals surface area contributed by atoms with Gasteiger partial charge >= 0.3 is 0 Å². The topological polar surface area (TPSA) is 71.5 Å². The van der Waals surface area contributed by atoms with Gasteiger partial charge in [0.2, 0.25) is 5.89 Å². The highest BCUT2D eigenvalue weighted by Gasteiger charge is 2.26. The van der Waals surface area contributed by atoms with Crippen molar-refractivity contribution in [2.75, 3.05) is 19.6 Å². The van der Waals surface area contributed by atoms with Crippen LogP contribution in [0, 0.1) is 0 Å². The number of nitrogens with one attached hydrogen (secondary N) is 1. The summed E-state index contributed by atoms with van der Waals surface area (Å²) < 4.78 is 11.7. The molecule has 1 aliphatic rings. The monoisotopic (exact) mass is 427 g/mol. The molecule has 5 rings (SSSR count). The Morgan fingerprint density at radius 3 is 2.56 bits per heavy atom. The summed E-state index contributed by atoms with van der Waals surface area (Å²) in [5, 5.41) is 3.10. The largest absolute Gasteiger partial charge is 0.468 e. The van der Waals surface area contributed by atoms with Gasteiger partial charge in [-0.15, -0.1) is 0 Å². The number of aromatic nitrogens is 1. The molecule has 0 saturated carbocycles. The van der Waals surface area contributed by atoms with E-state index < -0.39 is 0 Å². The number of furan rings is 1. The lowest BCUT2D eigenvalue weighted by molar-refractivity contribution is 0.0934. The van der Waals surface area contributed by atoms with Crippen LogP contribution in [0.15, 0.2) is 88.0 Å². The molecule has 0 bridgehead atoms. The molecular formula is C26H25N3O3. The molecule has 1 amide bonds. The van der Waals surface area contributed by atoms with Crippen molar-refractivity contribution in [1.82, 2.24) is 15.2 Å². The van der Waals surface area contributed by atoms with Crippen molar-refractivity contribution in [2.24, 2.45) is 0 Å². The van der Waals surface area contributed by atoms with E-state index in [9.17, 15) is 4.79 Å². The summed E-state index contributed by atoms with van der Waals surface area (Å²) in [7, 11) is 0. The molecule has 0 spiro atoms. The van der Waals surface area contributed by atoms with Crippen LogP contribution < -0.4 is 5.32 Å². The smallest absolute Gasteiger partial charge is 0.252 e. The first kappa shape index (κ1) is 20.3. The van der Waals surface area contributed by atoms with Gasteiger partial charge in [-0.05, 0) is 50.2 Å². The molecule has 1 N–H and O–H groups in total. The minimum absolute atomic E-state index is 0.0232. The van der Waals surface area contributed by atoms with Gasteiger partial charge in [0.15, 0.2) is 5.76 Å². The summed E-state index contributed by atoms with van der Waals surface area (Å²) in [6.45, 7) is 2.49. The van der Waals surface area contributed by atoms with E-state index in [-0.39, 0.29) is 11.9 Å². The van der Waals surface area contributed by atoms with E-state index in [0.717, 1.165) is 24.4 Å². The fourth-order valence-corrected chi connectivity index (χ4v) is 4.23. The summed E-state index contributed by atoms with van der Waals surface area (Å²) >= 11 is 0. The molecule has 1 aliphatic heterocycles. The molecule has 1 saturated heterocycles. The van der Waals surface area contributed by atoms with Crippen LogP contribution in [0.5, 0.6) is 0 Å². The lowest BCUT2D eigenvalue weighted by Gasteiger charge is -2.26. The number of amides is 1. The van der Waals surface area contributed by atoms with Gasteiger partial charge < -0.3 is 14.2 Å². The average molecular weight is 428 g/mol. The van der Waals surface area contributed by atoms with Crippen molar-refractivity contribution in [2.45, 2.75) is 18.9 Å². The fraction of sp³-hybridized carbons (Fsp3) is 0.231. The molecule has 6 heteroatoms. The zero-order valence-electron chi connectivity index (χ0n) is 17.7. The van der Waals surface area contributed by atoms with Gasteiger partial charge in [-0.3, -0.25) is 9.69 Å². The van der Waals surface area contributed by atoms with Crippen LogP contribution in [0.3, 0.4) is 0 Å². The molecule has 2 aromatic heterocycles. The Balaban J connectivity index is 1.35. The predicted octanol–water partition coefficient (Wildman–Crippen LogP) is 5.17. The summed E-state index contributed by atoms with van der Waals surface area (Å²) in [5.41, 5.74) is 2.15. The number of hydrogen-bond acceptors (Lipinski definition) is 5. The molecule has 3 heterocycles. The number of carbonyl (C=O) groups excluding carboxylic acids is 1. The second-order valence-corrected chi connectivity index (χ2v) is 7.93. The minimum atomic E-state index is -0.157. The number of nitrogens with zero attached hydrogens (tertiary/aromatic N) is 2. The lowest BCUT2D eigenvalue weighted by Crippen LogP contribution is -2.36. The van der Waals surface area contributed by atoms with Gasteiger partial charge in [0, 0.05) is 17.7 Å². The molecular weight excluding hydrogens is 402 g/mol. The molecule has 0 aliphatic carbocycles. The Hall–Kier alpha value is -3.64.